The Bertz CT molecular complexity index is 794. The van der Waals surface area contributed by atoms with E-state index in [1.54, 1.807) is 18.3 Å². The van der Waals surface area contributed by atoms with Crippen molar-refractivity contribution in [2.24, 2.45) is 5.41 Å². The van der Waals surface area contributed by atoms with Crippen molar-refractivity contribution in [3.63, 3.8) is 0 Å². The Kier molecular flexibility index (Phi) is 3.54. The Morgan fingerprint density at radius 3 is 2.50 bits per heavy atom. The summed E-state index contributed by atoms with van der Waals surface area (Å²) in [5, 5.41) is 0. The minimum atomic E-state index is -0.283. The van der Waals surface area contributed by atoms with Gasteiger partial charge in [-0.25, -0.2) is 4.39 Å². The Balaban J connectivity index is 1.91. The maximum atomic E-state index is 12.8. The fourth-order valence-electron chi connectivity index (χ4n) is 2.67. The number of benzene rings is 1. The van der Waals surface area contributed by atoms with Gasteiger partial charge in [0.2, 0.25) is 0 Å². The van der Waals surface area contributed by atoms with Gasteiger partial charge in [0.15, 0.2) is 5.78 Å². The third-order valence-electron chi connectivity index (χ3n) is 3.75. The van der Waals surface area contributed by atoms with E-state index in [0.717, 1.165) is 17.7 Å². The standard InChI is InChI=1S/C19H16FNO/c1-19(2)10-17-16(18(22)11-19)9-14(12-21-17)4-3-13-5-7-15(20)8-6-13/h5-9,12H,10-11H2,1-2H3. The molecule has 1 aliphatic rings. The van der Waals surface area contributed by atoms with E-state index in [2.05, 4.69) is 30.7 Å². The molecule has 3 rings (SSSR count). The molecule has 0 fully saturated rings. The highest BCUT2D eigenvalue weighted by Gasteiger charge is 2.31. The summed E-state index contributed by atoms with van der Waals surface area (Å²) in [6.07, 6.45) is 3.04. The molecule has 0 saturated carbocycles. The molecule has 0 spiro atoms. The van der Waals surface area contributed by atoms with Crippen molar-refractivity contribution in [2.75, 3.05) is 0 Å². The topological polar surface area (TPSA) is 30.0 Å². The number of fused-ring (bicyclic) bond motifs is 1. The van der Waals surface area contributed by atoms with Gasteiger partial charge in [0.1, 0.15) is 5.82 Å². The summed E-state index contributed by atoms with van der Waals surface area (Å²) in [5.74, 6) is 5.79. The van der Waals surface area contributed by atoms with E-state index >= 15 is 0 Å². The zero-order valence-corrected chi connectivity index (χ0v) is 12.6. The van der Waals surface area contributed by atoms with Gasteiger partial charge in [0.05, 0.1) is 5.69 Å². The molecule has 22 heavy (non-hydrogen) atoms. The molecule has 1 aromatic heterocycles. The van der Waals surface area contributed by atoms with Crippen molar-refractivity contribution in [2.45, 2.75) is 26.7 Å². The summed E-state index contributed by atoms with van der Waals surface area (Å²) in [6, 6.07) is 7.82. The second-order valence-electron chi connectivity index (χ2n) is 6.42. The number of carbonyl (C=O) groups is 1. The summed E-state index contributed by atoms with van der Waals surface area (Å²) < 4.78 is 12.8. The molecule has 0 saturated heterocycles. The third kappa shape index (κ3) is 3.07. The van der Waals surface area contributed by atoms with E-state index < -0.39 is 0 Å². The molecule has 1 aromatic carbocycles. The van der Waals surface area contributed by atoms with Gasteiger partial charge < -0.3 is 0 Å². The molecule has 1 aliphatic carbocycles. The van der Waals surface area contributed by atoms with Crippen LogP contribution in [0.1, 0.15) is 47.4 Å². The first kappa shape index (κ1) is 14.5. The molecule has 3 heteroatoms. The van der Waals surface area contributed by atoms with Gasteiger partial charge in [0.25, 0.3) is 0 Å². The molecule has 2 nitrogen and oxygen atoms in total. The highest BCUT2D eigenvalue weighted by atomic mass is 19.1. The average molecular weight is 293 g/mol. The molecule has 2 aromatic rings. The molecule has 1 heterocycles. The van der Waals surface area contributed by atoms with Gasteiger partial charge in [-0.3, -0.25) is 9.78 Å². The number of halogens is 1. The van der Waals surface area contributed by atoms with Crippen molar-refractivity contribution in [1.82, 2.24) is 4.98 Å². The number of Topliss-reactive ketones (excluding diaryl/α,β-unsaturated/α-hetero) is 1. The maximum absolute atomic E-state index is 12.8. The largest absolute Gasteiger partial charge is 0.294 e. The number of hydrogen-bond donors (Lipinski definition) is 0. The predicted octanol–water partition coefficient (Wildman–Crippen LogP) is 3.78. The lowest BCUT2D eigenvalue weighted by atomic mass is 9.75. The van der Waals surface area contributed by atoms with Gasteiger partial charge in [-0.05, 0) is 42.2 Å². The Morgan fingerprint density at radius 1 is 1.09 bits per heavy atom. The first-order valence-electron chi connectivity index (χ1n) is 7.23. The first-order chi connectivity index (χ1) is 10.4. The first-order valence-corrected chi connectivity index (χ1v) is 7.23. The van der Waals surface area contributed by atoms with Crippen LogP contribution in [0, 0.1) is 23.1 Å². The number of hydrogen-bond acceptors (Lipinski definition) is 2. The fraction of sp³-hybridized carbons (Fsp3) is 0.263. The number of ketones is 1. The van der Waals surface area contributed by atoms with Gasteiger partial charge in [0, 0.05) is 29.3 Å². The van der Waals surface area contributed by atoms with Crippen LogP contribution in [0.15, 0.2) is 36.5 Å². The highest BCUT2D eigenvalue weighted by molar-refractivity contribution is 5.98. The van der Waals surface area contributed by atoms with Gasteiger partial charge >= 0.3 is 0 Å². The monoisotopic (exact) mass is 293 g/mol. The molecular formula is C19H16FNO. The van der Waals surface area contributed by atoms with Crippen LogP contribution in [0.2, 0.25) is 0 Å². The van der Waals surface area contributed by atoms with Crippen LogP contribution < -0.4 is 0 Å². The number of carbonyl (C=O) groups excluding carboxylic acids is 1. The van der Waals surface area contributed by atoms with Crippen LogP contribution in [0.4, 0.5) is 4.39 Å². The van der Waals surface area contributed by atoms with Crippen molar-refractivity contribution < 1.29 is 9.18 Å². The van der Waals surface area contributed by atoms with Crippen LogP contribution in [0.3, 0.4) is 0 Å². The highest BCUT2D eigenvalue weighted by Crippen LogP contribution is 2.33. The van der Waals surface area contributed by atoms with E-state index in [1.165, 1.54) is 12.1 Å². The van der Waals surface area contributed by atoms with Crippen molar-refractivity contribution in [3.8, 4) is 11.8 Å². The molecule has 0 atom stereocenters. The smallest absolute Gasteiger partial charge is 0.165 e. The van der Waals surface area contributed by atoms with Crippen LogP contribution in [-0.4, -0.2) is 10.8 Å². The zero-order chi connectivity index (χ0) is 15.7. The molecule has 0 bridgehead atoms. The van der Waals surface area contributed by atoms with Gasteiger partial charge in [-0.15, -0.1) is 0 Å². The molecule has 0 aliphatic heterocycles. The summed E-state index contributed by atoms with van der Waals surface area (Å²) in [7, 11) is 0. The summed E-state index contributed by atoms with van der Waals surface area (Å²) in [6.45, 7) is 4.16. The summed E-state index contributed by atoms with van der Waals surface area (Å²) in [4.78, 5) is 16.6. The summed E-state index contributed by atoms with van der Waals surface area (Å²) in [5.41, 5.74) is 2.94. The summed E-state index contributed by atoms with van der Waals surface area (Å²) >= 11 is 0. The van der Waals surface area contributed by atoms with E-state index in [4.69, 9.17) is 0 Å². The van der Waals surface area contributed by atoms with Crippen LogP contribution in [-0.2, 0) is 6.42 Å². The van der Waals surface area contributed by atoms with Crippen molar-refractivity contribution in [3.05, 3.63) is 64.7 Å². The zero-order valence-electron chi connectivity index (χ0n) is 12.6. The molecule has 110 valence electrons. The van der Waals surface area contributed by atoms with Crippen molar-refractivity contribution in [1.29, 1.82) is 0 Å². The van der Waals surface area contributed by atoms with E-state index in [0.29, 0.717) is 17.5 Å². The number of pyridine rings is 1. The van der Waals surface area contributed by atoms with E-state index in [-0.39, 0.29) is 17.0 Å². The SMILES string of the molecule is CC1(C)CC(=O)c2cc(C#Cc3ccc(F)cc3)cnc2C1. The molecular weight excluding hydrogens is 277 g/mol. The Morgan fingerprint density at radius 2 is 1.77 bits per heavy atom. The lowest BCUT2D eigenvalue weighted by Gasteiger charge is -2.29. The van der Waals surface area contributed by atoms with Gasteiger partial charge in [-0.1, -0.05) is 25.7 Å². The van der Waals surface area contributed by atoms with Crippen molar-refractivity contribution >= 4 is 5.78 Å². The molecule has 0 unspecified atom stereocenters. The Hall–Kier alpha value is -2.47. The maximum Gasteiger partial charge on any atom is 0.165 e. The molecule has 0 N–H and O–H groups in total. The Labute approximate surface area is 129 Å². The second kappa shape index (κ2) is 5.38. The normalized spacial score (nSPS) is 15.7. The minimum absolute atomic E-state index is 0.0294. The van der Waals surface area contributed by atoms with Crippen LogP contribution in [0.25, 0.3) is 0 Å². The molecule has 0 radical (unpaired) electrons. The molecule has 0 amide bonds. The lowest BCUT2D eigenvalue weighted by molar-refractivity contribution is 0.0910. The van der Waals surface area contributed by atoms with E-state index in [9.17, 15) is 9.18 Å². The average Bonchev–Trinajstić information content (AvgIpc) is 2.46. The quantitative estimate of drug-likeness (QED) is 0.692. The number of nitrogens with zero attached hydrogens (tertiary/aromatic N) is 1. The minimum Gasteiger partial charge on any atom is -0.294 e. The lowest BCUT2D eigenvalue weighted by Crippen LogP contribution is -2.27. The van der Waals surface area contributed by atoms with E-state index in [1.807, 2.05) is 6.07 Å². The van der Waals surface area contributed by atoms with Crippen LogP contribution >= 0.6 is 0 Å². The number of aromatic nitrogens is 1. The van der Waals surface area contributed by atoms with Gasteiger partial charge in [-0.2, -0.15) is 0 Å². The number of rotatable bonds is 0. The predicted molar refractivity (Wildman–Crippen MR) is 83.0 cm³/mol. The fourth-order valence-corrected chi connectivity index (χ4v) is 2.67. The second-order valence-corrected chi connectivity index (χ2v) is 6.42. The third-order valence-corrected chi connectivity index (χ3v) is 3.75. The van der Waals surface area contributed by atoms with Crippen LogP contribution in [0.5, 0.6) is 0 Å².